The molecule has 1 saturated carbocycles. The van der Waals surface area contributed by atoms with Gasteiger partial charge in [-0.05, 0) is 37.1 Å². The zero-order valence-electron chi connectivity index (χ0n) is 19.9. The number of carbonyl (C=O) groups excluding carboxylic acids is 2. The highest BCUT2D eigenvalue weighted by molar-refractivity contribution is 5.96. The SMILES string of the molecule is COc1cccc(N2CC(c3nc4ccccc4n3CC(=O)N(C)C3CCCCC3)CC2=O)c1. The Labute approximate surface area is 200 Å². The second kappa shape index (κ2) is 9.49. The van der Waals surface area contributed by atoms with Gasteiger partial charge >= 0.3 is 0 Å². The number of methoxy groups -OCH3 is 1. The molecule has 5 rings (SSSR count). The van der Waals surface area contributed by atoms with Crippen LogP contribution in [0.15, 0.2) is 48.5 Å². The summed E-state index contributed by atoms with van der Waals surface area (Å²) in [5.74, 6) is 1.61. The molecule has 1 aromatic heterocycles. The van der Waals surface area contributed by atoms with Crippen LogP contribution in [0, 0.1) is 0 Å². The highest BCUT2D eigenvalue weighted by Crippen LogP contribution is 2.34. The van der Waals surface area contributed by atoms with Gasteiger partial charge in [-0.15, -0.1) is 0 Å². The van der Waals surface area contributed by atoms with Crippen LogP contribution in [0.5, 0.6) is 5.75 Å². The number of hydrogen-bond donors (Lipinski definition) is 0. The van der Waals surface area contributed by atoms with E-state index in [4.69, 9.17) is 9.72 Å². The first kappa shape index (κ1) is 22.4. The molecule has 1 aliphatic carbocycles. The summed E-state index contributed by atoms with van der Waals surface area (Å²) in [4.78, 5) is 35.0. The highest BCUT2D eigenvalue weighted by Gasteiger charge is 2.35. The van der Waals surface area contributed by atoms with Crippen LogP contribution in [0.3, 0.4) is 0 Å². The van der Waals surface area contributed by atoms with Crippen LogP contribution in [0.2, 0.25) is 0 Å². The molecule has 3 aromatic rings. The van der Waals surface area contributed by atoms with E-state index in [9.17, 15) is 9.59 Å². The maximum absolute atomic E-state index is 13.3. The summed E-state index contributed by atoms with van der Waals surface area (Å²) in [6.07, 6.45) is 6.15. The van der Waals surface area contributed by atoms with Gasteiger partial charge in [-0.25, -0.2) is 4.98 Å². The van der Waals surface area contributed by atoms with Gasteiger partial charge in [-0.3, -0.25) is 9.59 Å². The monoisotopic (exact) mass is 460 g/mol. The summed E-state index contributed by atoms with van der Waals surface area (Å²) in [6, 6.07) is 15.8. The van der Waals surface area contributed by atoms with Gasteiger partial charge in [0.2, 0.25) is 11.8 Å². The summed E-state index contributed by atoms with van der Waals surface area (Å²) in [5, 5.41) is 0. The van der Waals surface area contributed by atoms with Crippen molar-refractivity contribution in [1.29, 1.82) is 0 Å². The topological polar surface area (TPSA) is 67.7 Å². The molecular weight excluding hydrogens is 428 g/mol. The van der Waals surface area contributed by atoms with Crippen molar-refractivity contribution in [2.24, 2.45) is 0 Å². The van der Waals surface area contributed by atoms with E-state index < -0.39 is 0 Å². The Bertz CT molecular complexity index is 1200. The van der Waals surface area contributed by atoms with Crippen molar-refractivity contribution >= 4 is 28.5 Å². The summed E-state index contributed by atoms with van der Waals surface area (Å²) in [7, 11) is 3.55. The summed E-state index contributed by atoms with van der Waals surface area (Å²) < 4.78 is 7.37. The highest BCUT2D eigenvalue weighted by atomic mass is 16.5. The average Bonchev–Trinajstić information content (AvgIpc) is 3.44. The fraction of sp³-hybridized carbons (Fsp3) is 0.444. The Morgan fingerprint density at radius 1 is 1.12 bits per heavy atom. The number of benzene rings is 2. The molecular formula is C27H32N4O3. The standard InChI is InChI=1S/C27H32N4O3/c1-29(20-9-4-3-5-10-20)26(33)18-31-24-14-7-6-13-23(24)28-27(31)19-15-25(32)30(17-19)21-11-8-12-22(16-21)34-2/h6-8,11-14,16,19-20H,3-5,9-10,15,17-18H2,1-2H3. The number of likely N-dealkylation sites (N-methyl/N-ethyl adjacent to an activating group) is 1. The fourth-order valence-electron chi connectivity index (χ4n) is 5.40. The molecule has 7 nitrogen and oxygen atoms in total. The fourth-order valence-corrected chi connectivity index (χ4v) is 5.40. The Hall–Kier alpha value is -3.35. The minimum Gasteiger partial charge on any atom is -0.497 e. The van der Waals surface area contributed by atoms with Gasteiger partial charge in [0.05, 0.1) is 18.1 Å². The number of fused-ring (bicyclic) bond motifs is 1. The second-order valence-electron chi connectivity index (χ2n) is 9.45. The molecule has 0 radical (unpaired) electrons. The number of ether oxygens (including phenoxy) is 1. The third-order valence-electron chi connectivity index (χ3n) is 7.35. The maximum Gasteiger partial charge on any atom is 0.242 e. The summed E-state index contributed by atoms with van der Waals surface area (Å²) >= 11 is 0. The molecule has 1 atom stereocenters. The number of amides is 2. The van der Waals surface area contributed by atoms with Crippen LogP contribution in [0.4, 0.5) is 5.69 Å². The van der Waals surface area contributed by atoms with Gasteiger partial charge in [-0.1, -0.05) is 37.5 Å². The number of carbonyl (C=O) groups is 2. The molecule has 0 spiro atoms. The second-order valence-corrected chi connectivity index (χ2v) is 9.45. The first-order valence-corrected chi connectivity index (χ1v) is 12.2. The average molecular weight is 461 g/mol. The lowest BCUT2D eigenvalue weighted by Gasteiger charge is -2.31. The number of para-hydroxylation sites is 2. The van der Waals surface area contributed by atoms with E-state index >= 15 is 0 Å². The van der Waals surface area contributed by atoms with E-state index in [1.54, 1.807) is 12.0 Å². The first-order chi connectivity index (χ1) is 16.5. The van der Waals surface area contributed by atoms with Crippen LogP contribution in [-0.2, 0) is 16.1 Å². The minimum atomic E-state index is -0.0844. The van der Waals surface area contributed by atoms with Crippen molar-refractivity contribution in [2.45, 2.75) is 57.0 Å². The molecule has 1 unspecified atom stereocenters. The molecule has 0 N–H and O–H groups in total. The largest absolute Gasteiger partial charge is 0.497 e. The molecule has 2 amide bonds. The number of imidazole rings is 1. The molecule has 0 bridgehead atoms. The van der Waals surface area contributed by atoms with E-state index in [1.807, 2.05) is 65.0 Å². The summed E-state index contributed by atoms with van der Waals surface area (Å²) in [5.41, 5.74) is 2.62. The van der Waals surface area contributed by atoms with Gasteiger partial charge in [0, 0.05) is 43.7 Å². The molecule has 34 heavy (non-hydrogen) atoms. The lowest BCUT2D eigenvalue weighted by atomic mass is 9.94. The Kier molecular flexibility index (Phi) is 6.26. The number of nitrogens with zero attached hydrogens (tertiary/aromatic N) is 4. The number of hydrogen-bond acceptors (Lipinski definition) is 4. The molecule has 2 aliphatic rings. The Morgan fingerprint density at radius 2 is 1.91 bits per heavy atom. The maximum atomic E-state index is 13.3. The molecule has 7 heteroatoms. The minimum absolute atomic E-state index is 0.0579. The number of aromatic nitrogens is 2. The Balaban J connectivity index is 1.43. The third-order valence-corrected chi connectivity index (χ3v) is 7.35. The molecule has 2 aromatic carbocycles. The van der Waals surface area contributed by atoms with Gasteiger partial charge < -0.3 is 19.1 Å². The predicted molar refractivity (Wildman–Crippen MR) is 132 cm³/mol. The van der Waals surface area contributed by atoms with Crippen LogP contribution >= 0.6 is 0 Å². The van der Waals surface area contributed by atoms with Crippen molar-refractivity contribution in [2.75, 3.05) is 25.6 Å². The van der Waals surface area contributed by atoms with Crippen molar-refractivity contribution in [1.82, 2.24) is 14.5 Å². The smallest absolute Gasteiger partial charge is 0.242 e. The number of rotatable bonds is 6. The van der Waals surface area contributed by atoms with E-state index in [0.29, 0.717) is 19.0 Å². The van der Waals surface area contributed by atoms with Gasteiger partial charge in [0.15, 0.2) is 0 Å². The van der Waals surface area contributed by atoms with Crippen LogP contribution in [0.25, 0.3) is 11.0 Å². The molecule has 1 aliphatic heterocycles. The first-order valence-electron chi connectivity index (χ1n) is 12.2. The summed E-state index contributed by atoms with van der Waals surface area (Å²) in [6.45, 7) is 0.772. The van der Waals surface area contributed by atoms with Crippen molar-refractivity contribution < 1.29 is 14.3 Å². The molecule has 178 valence electrons. The Morgan fingerprint density at radius 3 is 2.71 bits per heavy atom. The van der Waals surface area contributed by atoms with Gasteiger partial charge in [0.25, 0.3) is 0 Å². The zero-order valence-corrected chi connectivity index (χ0v) is 19.9. The van der Waals surface area contributed by atoms with Crippen LogP contribution in [-0.4, -0.2) is 53.0 Å². The van der Waals surface area contributed by atoms with E-state index in [1.165, 1.54) is 19.3 Å². The molecule has 1 saturated heterocycles. The van der Waals surface area contributed by atoms with Crippen LogP contribution < -0.4 is 9.64 Å². The normalized spacial score (nSPS) is 19.1. The van der Waals surface area contributed by atoms with Gasteiger partial charge in [0.1, 0.15) is 18.1 Å². The van der Waals surface area contributed by atoms with E-state index in [0.717, 1.165) is 41.1 Å². The van der Waals surface area contributed by atoms with Crippen molar-refractivity contribution in [3.8, 4) is 5.75 Å². The molecule has 2 fully saturated rings. The predicted octanol–water partition coefficient (Wildman–Crippen LogP) is 4.36. The van der Waals surface area contributed by atoms with Gasteiger partial charge in [-0.2, -0.15) is 0 Å². The van der Waals surface area contributed by atoms with E-state index in [2.05, 4.69) is 0 Å². The number of anilines is 1. The third kappa shape index (κ3) is 4.27. The molecule has 2 heterocycles. The van der Waals surface area contributed by atoms with Crippen molar-refractivity contribution in [3.05, 3.63) is 54.4 Å². The lowest BCUT2D eigenvalue weighted by molar-refractivity contribution is -0.133. The quantitative estimate of drug-likeness (QED) is 0.548. The van der Waals surface area contributed by atoms with Crippen LogP contribution in [0.1, 0.15) is 50.3 Å². The lowest BCUT2D eigenvalue weighted by Crippen LogP contribution is -2.40. The zero-order chi connectivity index (χ0) is 23.7. The van der Waals surface area contributed by atoms with E-state index in [-0.39, 0.29) is 24.3 Å². The van der Waals surface area contributed by atoms with Crippen molar-refractivity contribution in [3.63, 3.8) is 0 Å².